The first-order valence-electron chi connectivity index (χ1n) is 4.15. The molecule has 1 aromatic carbocycles. The Hall–Kier alpha value is -0.515. The first-order chi connectivity index (χ1) is 6.27. The third-order valence-electron chi connectivity index (χ3n) is 1.55. The van der Waals surface area contributed by atoms with Crippen molar-refractivity contribution in [3.8, 4) is 5.75 Å². The van der Waals surface area contributed by atoms with Crippen molar-refractivity contribution in [1.82, 2.24) is 0 Å². The third-order valence-corrected chi connectivity index (χ3v) is 2.44. The molecule has 13 heavy (non-hydrogen) atoms. The maximum atomic E-state index is 10.5. The predicted octanol–water partition coefficient (Wildman–Crippen LogP) is 1.92. The number of ether oxygens (including phenoxy) is 1. The van der Waals surface area contributed by atoms with Crippen LogP contribution in [0.5, 0.6) is 5.75 Å². The molecule has 0 N–H and O–H groups in total. The lowest BCUT2D eigenvalue weighted by Crippen LogP contribution is -2.04. The monoisotopic (exact) mass is 288 g/mol. The van der Waals surface area contributed by atoms with Crippen LogP contribution in [0, 0.1) is 3.57 Å². The van der Waals surface area contributed by atoms with Crippen molar-refractivity contribution in [2.45, 2.75) is 6.82 Å². The van der Waals surface area contributed by atoms with Crippen molar-refractivity contribution in [1.29, 1.82) is 0 Å². The lowest BCUT2D eigenvalue weighted by atomic mass is 9.85. The zero-order valence-electron chi connectivity index (χ0n) is 7.42. The summed E-state index contributed by atoms with van der Waals surface area (Å²) in [6, 6.07) is 5.44. The molecule has 0 bridgehead atoms. The highest BCUT2D eigenvalue weighted by molar-refractivity contribution is 14.1. The van der Waals surface area contributed by atoms with E-state index in [1.54, 1.807) is 12.1 Å². The fraction of sp³-hybridized carbons (Fsp3) is 0.222. The molecular formula is C9H10BIO2. The van der Waals surface area contributed by atoms with Crippen LogP contribution in [-0.4, -0.2) is 20.1 Å². The summed E-state index contributed by atoms with van der Waals surface area (Å²) in [5.41, 5.74) is 0.659. The maximum absolute atomic E-state index is 10.5. The summed E-state index contributed by atoms with van der Waals surface area (Å²) < 4.78 is 6.50. The fourth-order valence-electron chi connectivity index (χ4n) is 0.916. The van der Waals surface area contributed by atoms with Gasteiger partial charge in [-0.2, -0.15) is 0 Å². The van der Waals surface area contributed by atoms with Gasteiger partial charge in [0.05, 0.1) is 10.1 Å². The SMILES string of the molecule is CBCOc1cc(C=O)ccc1I. The average Bonchev–Trinajstić information content (AvgIpc) is 2.17. The van der Waals surface area contributed by atoms with Crippen LogP contribution < -0.4 is 4.74 Å². The molecule has 0 aliphatic carbocycles. The summed E-state index contributed by atoms with van der Waals surface area (Å²) >= 11 is 2.19. The van der Waals surface area contributed by atoms with Crippen LogP contribution in [0.15, 0.2) is 18.2 Å². The molecule has 1 rings (SSSR count). The molecule has 0 aliphatic heterocycles. The number of halogens is 1. The second-order valence-electron chi connectivity index (χ2n) is 2.66. The van der Waals surface area contributed by atoms with Crippen LogP contribution in [0.3, 0.4) is 0 Å². The molecule has 0 aromatic heterocycles. The van der Waals surface area contributed by atoms with E-state index in [0.717, 1.165) is 22.9 Å². The Morgan fingerprint density at radius 1 is 1.62 bits per heavy atom. The molecule has 2 nitrogen and oxygen atoms in total. The van der Waals surface area contributed by atoms with Crippen molar-refractivity contribution < 1.29 is 9.53 Å². The van der Waals surface area contributed by atoms with Crippen LogP contribution in [-0.2, 0) is 0 Å². The number of carbonyl (C=O) groups excluding carboxylic acids is 1. The number of hydrogen-bond acceptors (Lipinski definition) is 2. The minimum absolute atomic E-state index is 0.659. The highest BCUT2D eigenvalue weighted by atomic mass is 127. The normalized spacial score (nSPS) is 9.38. The Bertz CT molecular complexity index is 302. The lowest BCUT2D eigenvalue weighted by molar-refractivity contribution is 0.112. The molecule has 0 aliphatic rings. The van der Waals surface area contributed by atoms with Gasteiger partial charge in [0.25, 0.3) is 0 Å². The Balaban J connectivity index is 2.83. The highest BCUT2D eigenvalue weighted by Crippen LogP contribution is 2.21. The van der Waals surface area contributed by atoms with Gasteiger partial charge >= 0.3 is 0 Å². The largest absolute Gasteiger partial charge is 0.501 e. The minimum atomic E-state index is 0.659. The van der Waals surface area contributed by atoms with E-state index in [4.69, 9.17) is 4.74 Å². The second-order valence-corrected chi connectivity index (χ2v) is 3.82. The van der Waals surface area contributed by atoms with Crippen LogP contribution in [0.25, 0.3) is 0 Å². The van der Waals surface area contributed by atoms with E-state index >= 15 is 0 Å². The van der Waals surface area contributed by atoms with Crippen molar-refractivity contribution >= 4 is 36.2 Å². The van der Waals surface area contributed by atoms with Gasteiger partial charge < -0.3 is 4.74 Å². The summed E-state index contributed by atoms with van der Waals surface area (Å²) in [5, 5.41) is 0. The number of benzene rings is 1. The van der Waals surface area contributed by atoms with Crippen molar-refractivity contribution in [3.63, 3.8) is 0 Å². The van der Waals surface area contributed by atoms with Gasteiger partial charge in [0, 0.05) is 5.56 Å². The van der Waals surface area contributed by atoms with Gasteiger partial charge in [0.15, 0.2) is 7.28 Å². The molecule has 0 radical (unpaired) electrons. The number of hydrogen-bond donors (Lipinski definition) is 0. The van der Waals surface area contributed by atoms with Gasteiger partial charge in [0.2, 0.25) is 0 Å². The second kappa shape index (κ2) is 5.27. The summed E-state index contributed by atoms with van der Waals surface area (Å²) in [5.74, 6) is 0.798. The standard InChI is InChI=1S/C9H10BIO2/c1-10-6-13-9-4-7(5-12)2-3-8(9)11/h2-5,10H,6H2,1H3. The topological polar surface area (TPSA) is 26.3 Å². The molecule has 0 amide bonds. The van der Waals surface area contributed by atoms with Crippen molar-refractivity contribution in [2.75, 3.05) is 6.51 Å². The molecule has 0 saturated carbocycles. The lowest BCUT2D eigenvalue weighted by Gasteiger charge is -2.06. The summed E-state index contributed by atoms with van der Waals surface area (Å²) in [7, 11) is 0.974. The molecule has 0 unspecified atom stereocenters. The highest BCUT2D eigenvalue weighted by Gasteiger charge is 2.01. The van der Waals surface area contributed by atoms with Crippen LogP contribution >= 0.6 is 22.6 Å². The first kappa shape index (κ1) is 10.6. The zero-order chi connectivity index (χ0) is 9.68. The third kappa shape index (κ3) is 3.02. The van der Waals surface area contributed by atoms with Gasteiger partial charge in [-0.25, -0.2) is 0 Å². The Labute approximate surface area is 92.1 Å². The molecule has 0 saturated heterocycles. The maximum Gasteiger partial charge on any atom is 0.165 e. The molecule has 1 aromatic rings. The number of carbonyl (C=O) groups is 1. The Morgan fingerprint density at radius 3 is 3.00 bits per heavy atom. The van der Waals surface area contributed by atoms with Crippen molar-refractivity contribution in [3.05, 3.63) is 27.3 Å². The van der Waals surface area contributed by atoms with E-state index in [1.807, 2.05) is 6.07 Å². The van der Waals surface area contributed by atoms with E-state index in [1.165, 1.54) is 0 Å². The summed E-state index contributed by atoms with van der Waals surface area (Å²) in [6.45, 7) is 2.74. The molecule has 0 fully saturated rings. The predicted molar refractivity (Wildman–Crippen MR) is 63.1 cm³/mol. The van der Waals surface area contributed by atoms with Gasteiger partial charge in [0.1, 0.15) is 12.0 Å². The van der Waals surface area contributed by atoms with Crippen LogP contribution in [0.2, 0.25) is 6.82 Å². The van der Waals surface area contributed by atoms with Gasteiger partial charge in [-0.1, -0.05) is 12.9 Å². The zero-order valence-corrected chi connectivity index (χ0v) is 9.58. The van der Waals surface area contributed by atoms with Crippen LogP contribution in [0.4, 0.5) is 0 Å². The van der Waals surface area contributed by atoms with E-state index in [9.17, 15) is 4.79 Å². The van der Waals surface area contributed by atoms with E-state index in [0.29, 0.717) is 12.1 Å². The Kier molecular flexibility index (Phi) is 4.28. The van der Waals surface area contributed by atoms with Gasteiger partial charge in [-0.15, -0.1) is 0 Å². The van der Waals surface area contributed by atoms with Crippen LogP contribution in [0.1, 0.15) is 10.4 Å². The smallest absolute Gasteiger partial charge is 0.165 e. The minimum Gasteiger partial charge on any atom is -0.501 e. The van der Waals surface area contributed by atoms with E-state index in [-0.39, 0.29) is 0 Å². The summed E-state index contributed by atoms with van der Waals surface area (Å²) in [4.78, 5) is 10.5. The fourth-order valence-corrected chi connectivity index (χ4v) is 1.41. The van der Waals surface area contributed by atoms with Gasteiger partial charge in [-0.05, 0) is 34.7 Å². The van der Waals surface area contributed by atoms with Gasteiger partial charge in [-0.3, -0.25) is 4.79 Å². The molecular weight excluding hydrogens is 278 g/mol. The number of aldehydes is 1. The van der Waals surface area contributed by atoms with E-state index < -0.39 is 0 Å². The quantitative estimate of drug-likeness (QED) is 0.480. The molecule has 0 spiro atoms. The first-order valence-corrected chi connectivity index (χ1v) is 5.23. The molecule has 68 valence electrons. The molecule has 0 atom stereocenters. The average molecular weight is 288 g/mol. The number of rotatable bonds is 4. The molecule has 4 heteroatoms. The van der Waals surface area contributed by atoms with Crippen molar-refractivity contribution in [2.24, 2.45) is 0 Å². The Morgan fingerprint density at radius 2 is 2.38 bits per heavy atom. The van der Waals surface area contributed by atoms with E-state index in [2.05, 4.69) is 29.4 Å². The summed E-state index contributed by atoms with van der Waals surface area (Å²) in [6.07, 6.45) is 0.828. The molecule has 0 heterocycles.